The second kappa shape index (κ2) is 5.82. The zero-order valence-corrected chi connectivity index (χ0v) is 12.7. The average Bonchev–Trinajstić information content (AvgIpc) is 2.36. The Morgan fingerprint density at radius 1 is 1.11 bits per heavy atom. The second-order valence-electron chi connectivity index (χ2n) is 3.73. The third-order valence-electron chi connectivity index (χ3n) is 2.35. The van der Waals surface area contributed by atoms with Crippen LogP contribution in [-0.4, -0.2) is 5.84 Å². The number of nitrogens with two attached hydrogens (primary N) is 1. The van der Waals surface area contributed by atoms with Gasteiger partial charge >= 0.3 is 0 Å². The highest BCUT2D eigenvalue weighted by molar-refractivity contribution is 9.10. The Labute approximate surface area is 128 Å². The van der Waals surface area contributed by atoms with E-state index in [1.54, 1.807) is 36.4 Å². The number of nitrogen functional groups attached to an aromatic ring is 1. The summed E-state index contributed by atoms with van der Waals surface area (Å²) in [5.74, 6) is 0.935. The van der Waals surface area contributed by atoms with Gasteiger partial charge in [-0.25, -0.2) is 0 Å². The smallest absolute Gasteiger partial charge is 0.138 e. The molecule has 0 atom stereocenters. The molecule has 3 nitrogen and oxygen atoms in total. The van der Waals surface area contributed by atoms with Crippen molar-refractivity contribution in [3.05, 3.63) is 56.5 Å². The van der Waals surface area contributed by atoms with E-state index in [0.717, 1.165) is 4.47 Å². The van der Waals surface area contributed by atoms with Crippen molar-refractivity contribution in [3.63, 3.8) is 0 Å². The lowest BCUT2D eigenvalue weighted by Crippen LogP contribution is -2.12. The highest BCUT2D eigenvalue weighted by atomic mass is 79.9. The van der Waals surface area contributed by atoms with Crippen LogP contribution in [0.4, 0.5) is 0 Å². The van der Waals surface area contributed by atoms with E-state index in [2.05, 4.69) is 15.9 Å². The fraction of sp³-hybridized carbons (Fsp3) is 0. The van der Waals surface area contributed by atoms with Crippen LogP contribution in [0.3, 0.4) is 0 Å². The Morgan fingerprint density at radius 3 is 2.47 bits per heavy atom. The molecule has 0 saturated heterocycles. The molecule has 2 aromatic carbocycles. The molecule has 2 aromatic rings. The van der Waals surface area contributed by atoms with Crippen molar-refractivity contribution in [1.29, 1.82) is 5.41 Å². The Morgan fingerprint density at radius 2 is 1.84 bits per heavy atom. The molecule has 0 amide bonds. The highest BCUT2D eigenvalue weighted by Crippen LogP contribution is 2.31. The zero-order chi connectivity index (χ0) is 14.0. The van der Waals surface area contributed by atoms with Crippen LogP contribution in [0.15, 0.2) is 40.9 Å². The first-order valence-electron chi connectivity index (χ1n) is 5.24. The van der Waals surface area contributed by atoms with Crippen LogP contribution in [0.25, 0.3) is 0 Å². The lowest BCUT2D eigenvalue weighted by atomic mass is 10.2. The van der Waals surface area contributed by atoms with Crippen LogP contribution in [-0.2, 0) is 0 Å². The van der Waals surface area contributed by atoms with Crippen molar-refractivity contribution in [1.82, 2.24) is 0 Å². The maximum Gasteiger partial charge on any atom is 0.138 e. The normalized spacial score (nSPS) is 10.3. The maximum atomic E-state index is 7.54. The number of nitrogens with one attached hydrogen (secondary N) is 1. The number of hydrogen-bond donors (Lipinski definition) is 2. The van der Waals surface area contributed by atoms with E-state index in [1.807, 2.05) is 0 Å². The van der Waals surface area contributed by atoms with Gasteiger partial charge in [0.1, 0.15) is 17.3 Å². The molecule has 0 saturated carbocycles. The number of benzene rings is 2. The molecule has 6 heteroatoms. The third kappa shape index (κ3) is 3.41. The van der Waals surface area contributed by atoms with E-state index in [0.29, 0.717) is 27.1 Å². The first-order chi connectivity index (χ1) is 8.97. The molecule has 0 heterocycles. The number of hydrogen-bond acceptors (Lipinski definition) is 2. The van der Waals surface area contributed by atoms with Crippen molar-refractivity contribution in [2.24, 2.45) is 5.73 Å². The van der Waals surface area contributed by atoms with Crippen molar-refractivity contribution < 1.29 is 4.74 Å². The quantitative estimate of drug-likeness (QED) is 0.608. The van der Waals surface area contributed by atoms with Crippen molar-refractivity contribution in [3.8, 4) is 11.5 Å². The van der Waals surface area contributed by atoms with Crippen LogP contribution in [0.1, 0.15) is 5.56 Å². The lowest BCUT2D eigenvalue weighted by molar-refractivity contribution is 0.481. The minimum atomic E-state index is -0.0728. The molecule has 0 spiro atoms. The van der Waals surface area contributed by atoms with E-state index in [4.69, 9.17) is 39.1 Å². The molecule has 0 bridgehead atoms. The second-order valence-corrected chi connectivity index (χ2v) is 5.46. The molecule has 0 aliphatic heterocycles. The average molecular weight is 360 g/mol. The Bertz CT molecular complexity index is 647. The molecular formula is C13H9BrCl2N2O. The maximum absolute atomic E-state index is 7.54. The topological polar surface area (TPSA) is 59.1 Å². The van der Waals surface area contributed by atoms with E-state index in [-0.39, 0.29) is 5.84 Å². The monoisotopic (exact) mass is 358 g/mol. The van der Waals surface area contributed by atoms with Crippen molar-refractivity contribution in [2.75, 3.05) is 0 Å². The number of ether oxygens (including phenoxy) is 1. The predicted molar refractivity (Wildman–Crippen MR) is 81.7 cm³/mol. The Hall–Kier alpha value is -1.23. The number of rotatable bonds is 3. The first-order valence-corrected chi connectivity index (χ1v) is 6.79. The van der Waals surface area contributed by atoms with E-state index in [9.17, 15) is 0 Å². The van der Waals surface area contributed by atoms with Crippen LogP contribution >= 0.6 is 39.1 Å². The minimum Gasteiger partial charge on any atom is -0.457 e. The summed E-state index contributed by atoms with van der Waals surface area (Å²) < 4.78 is 6.50. The molecule has 3 N–H and O–H groups in total. The van der Waals surface area contributed by atoms with Gasteiger partial charge in [-0.1, -0.05) is 39.1 Å². The van der Waals surface area contributed by atoms with Gasteiger partial charge in [-0.2, -0.15) is 0 Å². The van der Waals surface area contributed by atoms with Gasteiger partial charge in [0.25, 0.3) is 0 Å². The third-order valence-corrected chi connectivity index (χ3v) is 3.58. The molecule has 2 rings (SSSR count). The van der Waals surface area contributed by atoms with E-state index < -0.39 is 0 Å². The van der Waals surface area contributed by atoms with Crippen LogP contribution in [0, 0.1) is 5.41 Å². The summed E-state index contributed by atoms with van der Waals surface area (Å²) in [6.45, 7) is 0. The molecule has 0 fully saturated rings. The summed E-state index contributed by atoms with van der Waals surface area (Å²) >= 11 is 15.1. The highest BCUT2D eigenvalue weighted by Gasteiger charge is 2.09. The summed E-state index contributed by atoms with van der Waals surface area (Å²) in [6.07, 6.45) is 0. The summed E-state index contributed by atoms with van der Waals surface area (Å²) in [6, 6.07) is 10.2. The fourth-order valence-electron chi connectivity index (χ4n) is 1.47. The SMILES string of the molecule is N=C(N)c1cc(Br)ccc1Oc1ccc(Cl)c(Cl)c1. The van der Waals surface area contributed by atoms with E-state index >= 15 is 0 Å². The van der Waals surface area contributed by atoms with E-state index in [1.165, 1.54) is 0 Å². The predicted octanol–water partition coefficient (Wildman–Crippen LogP) is 4.83. The Kier molecular flexibility index (Phi) is 4.34. The Balaban J connectivity index is 2.37. The van der Waals surface area contributed by atoms with Crippen LogP contribution < -0.4 is 10.5 Å². The lowest BCUT2D eigenvalue weighted by Gasteiger charge is -2.11. The van der Waals surface area contributed by atoms with Gasteiger partial charge in [-0.3, -0.25) is 5.41 Å². The number of amidine groups is 1. The molecule has 0 aliphatic rings. The van der Waals surface area contributed by atoms with Gasteiger partial charge in [-0.15, -0.1) is 0 Å². The van der Waals surface area contributed by atoms with Gasteiger partial charge in [0, 0.05) is 10.5 Å². The summed E-state index contributed by atoms with van der Waals surface area (Å²) in [5, 5.41) is 8.40. The van der Waals surface area contributed by atoms with Gasteiger partial charge in [0.15, 0.2) is 0 Å². The van der Waals surface area contributed by atoms with Gasteiger partial charge < -0.3 is 10.5 Å². The zero-order valence-electron chi connectivity index (χ0n) is 9.58. The fourth-order valence-corrected chi connectivity index (χ4v) is 2.12. The van der Waals surface area contributed by atoms with Crippen molar-refractivity contribution >= 4 is 45.0 Å². The molecule has 0 aliphatic carbocycles. The molecule has 19 heavy (non-hydrogen) atoms. The van der Waals surface area contributed by atoms with Crippen LogP contribution in [0.5, 0.6) is 11.5 Å². The minimum absolute atomic E-state index is 0.0728. The molecular weight excluding hydrogens is 351 g/mol. The van der Waals surface area contributed by atoms with Gasteiger partial charge in [0.2, 0.25) is 0 Å². The molecule has 0 aromatic heterocycles. The molecule has 0 radical (unpaired) electrons. The van der Waals surface area contributed by atoms with Gasteiger partial charge in [-0.05, 0) is 30.3 Å². The van der Waals surface area contributed by atoms with Gasteiger partial charge in [0.05, 0.1) is 15.6 Å². The van der Waals surface area contributed by atoms with Crippen LogP contribution in [0.2, 0.25) is 10.0 Å². The number of halogens is 3. The first kappa shape index (κ1) is 14.2. The largest absolute Gasteiger partial charge is 0.457 e. The van der Waals surface area contributed by atoms with Crippen molar-refractivity contribution in [2.45, 2.75) is 0 Å². The molecule has 0 unspecified atom stereocenters. The summed E-state index contributed by atoms with van der Waals surface area (Å²) in [4.78, 5) is 0. The summed E-state index contributed by atoms with van der Waals surface area (Å²) in [5.41, 5.74) is 6.03. The summed E-state index contributed by atoms with van der Waals surface area (Å²) in [7, 11) is 0. The standard InChI is InChI=1S/C13H9BrCl2N2O/c14-7-1-4-12(9(5-7)13(17)18)19-8-2-3-10(15)11(16)6-8/h1-6H,(H3,17,18). The molecule has 98 valence electrons.